The van der Waals surface area contributed by atoms with Crippen LogP contribution >= 0.6 is 0 Å². The number of methoxy groups -OCH3 is 2. The summed E-state index contributed by atoms with van der Waals surface area (Å²) in [5.74, 6) is 1.47. The number of aryl methyl sites for hydroxylation is 2. The fraction of sp³-hybridized carbons (Fsp3) is 0.294. The minimum atomic E-state index is 0.734. The molecule has 20 heavy (non-hydrogen) atoms. The van der Waals surface area contributed by atoms with E-state index in [4.69, 9.17) is 9.47 Å². The summed E-state index contributed by atoms with van der Waals surface area (Å²) in [4.78, 5) is 0. The van der Waals surface area contributed by atoms with Gasteiger partial charge in [-0.1, -0.05) is 29.3 Å². The van der Waals surface area contributed by atoms with Crippen LogP contribution in [0.25, 0.3) is 0 Å². The minimum absolute atomic E-state index is 0.734. The monoisotopic (exact) mass is 271 g/mol. The van der Waals surface area contributed by atoms with Crippen molar-refractivity contribution in [3.8, 4) is 11.5 Å². The van der Waals surface area contributed by atoms with Gasteiger partial charge in [-0.25, -0.2) is 0 Å². The SMILES string of the molecule is COc1ccc(NCc2cc(C)cc(C)c2)cc1OC. The number of nitrogens with one attached hydrogen (secondary N) is 1. The van der Waals surface area contributed by atoms with Crippen molar-refractivity contribution in [2.24, 2.45) is 0 Å². The van der Waals surface area contributed by atoms with Crippen molar-refractivity contribution in [2.45, 2.75) is 20.4 Å². The molecule has 0 spiro atoms. The molecule has 0 saturated heterocycles. The highest BCUT2D eigenvalue weighted by atomic mass is 16.5. The van der Waals surface area contributed by atoms with Gasteiger partial charge in [0.25, 0.3) is 0 Å². The molecule has 3 nitrogen and oxygen atoms in total. The molecule has 106 valence electrons. The largest absolute Gasteiger partial charge is 0.493 e. The highest BCUT2D eigenvalue weighted by molar-refractivity contribution is 5.55. The normalized spacial score (nSPS) is 10.2. The molecule has 2 aromatic rings. The van der Waals surface area contributed by atoms with Crippen molar-refractivity contribution in [3.63, 3.8) is 0 Å². The molecule has 0 aromatic heterocycles. The average Bonchev–Trinajstić information content (AvgIpc) is 2.43. The van der Waals surface area contributed by atoms with Gasteiger partial charge in [-0.2, -0.15) is 0 Å². The van der Waals surface area contributed by atoms with Crippen molar-refractivity contribution in [3.05, 3.63) is 53.1 Å². The van der Waals surface area contributed by atoms with E-state index in [1.807, 2.05) is 18.2 Å². The number of anilines is 1. The van der Waals surface area contributed by atoms with Crippen LogP contribution in [0.2, 0.25) is 0 Å². The number of benzene rings is 2. The molecule has 0 radical (unpaired) electrons. The van der Waals surface area contributed by atoms with E-state index in [-0.39, 0.29) is 0 Å². The Morgan fingerprint density at radius 1 is 0.850 bits per heavy atom. The van der Waals surface area contributed by atoms with Crippen molar-refractivity contribution in [1.29, 1.82) is 0 Å². The Labute approximate surface area is 120 Å². The van der Waals surface area contributed by atoms with Gasteiger partial charge in [0.15, 0.2) is 11.5 Å². The third-order valence-corrected chi connectivity index (χ3v) is 3.16. The summed E-state index contributed by atoms with van der Waals surface area (Å²) >= 11 is 0. The lowest BCUT2D eigenvalue weighted by atomic mass is 10.1. The lowest BCUT2D eigenvalue weighted by Crippen LogP contribution is -2.01. The van der Waals surface area contributed by atoms with Crippen LogP contribution in [-0.2, 0) is 6.54 Å². The zero-order chi connectivity index (χ0) is 14.5. The molecule has 0 aliphatic carbocycles. The van der Waals surface area contributed by atoms with Gasteiger partial charge in [0.2, 0.25) is 0 Å². The predicted molar refractivity (Wildman–Crippen MR) is 82.8 cm³/mol. The Bertz CT molecular complexity index is 573. The van der Waals surface area contributed by atoms with Crippen LogP contribution in [0, 0.1) is 13.8 Å². The van der Waals surface area contributed by atoms with E-state index in [1.54, 1.807) is 14.2 Å². The summed E-state index contributed by atoms with van der Waals surface area (Å²) in [5, 5.41) is 3.41. The van der Waals surface area contributed by atoms with E-state index in [2.05, 4.69) is 37.4 Å². The molecule has 0 aliphatic heterocycles. The highest BCUT2D eigenvalue weighted by Crippen LogP contribution is 2.29. The standard InChI is InChI=1S/C17H21NO2/c1-12-7-13(2)9-14(8-12)11-18-15-5-6-16(19-3)17(10-15)20-4/h5-10,18H,11H2,1-4H3. The summed E-state index contributed by atoms with van der Waals surface area (Å²) in [6.07, 6.45) is 0. The van der Waals surface area contributed by atoms with Crippen molar-refractivity contribution >= 4 is 5.69 Å². The summed E-state index contributed by atoms with van der Waals surface area (Å²) < 4.78 is 10.5. The second-order valence-electron chi connectivity index (χ2n) is 4.92. The fourth-order valence-corrected chi connectivity index (χ4v) is 2.32. The van der Waals surface area contributed by atoms with Crippen molar-refractivity contribution < 1.29 is 9.47 Å². The first-order valence-corrected chi connectivity index (χ1v) is 6.65. The van der Waals surface area contributed by atoms with Crippen LogP contribution in [0.4, 0.5) is 5.69 Å². The van der Waals surface area contributed by atoms with E-state index in [0.717, 1.165) is 23.7 Å². The van der Waals surface area contributed by atoms with Gasteiger partial charge in [-0.05, 0) is 31.5 Å². The van der Waals surface area contributed by atoms with Crippen LogP contribution in [0.5, 0.6) is 11.5 Å². The summed E-state index contributed by atoms with van der Waals surface area (Å²) in [6, 6.07) is 12.4. The molecule has 2 aromatic carbocycles. The molecule has 0 saturated carbocycles. The van der Waals surface area contributed by atoms with Crippen LogP contribution in [0.3, 0.4) is 0 Å². The summed E-state index contributed by atoms with van der Waals surface area (Å²) in [6.45, 7) is 5.03. The molecule has 0 amide bonds. The molecule has 0 heterocycles. The number of rotatable bonds is 5. The Balaban J connectivity index is 2.10. The molecule has 0 unspecified atom stereocenters. The summed E-state index contributed by atoms with van der Waals surface area (Å²) in [5.41, 5.74) is 4.86. The van der Waals surface area contributed by atoms with E-state index in [1.165, 1.54) is 16.7 Å². The van der Waals surface area contributed by atoms with E-state index < -0.39 is 0 Å². The first-order chi connectivity index (χ1) is 9.62. The molecular formula is C17H21NO2. The topological polar surface area (TPSA) is 30.5 Å². The molecule has 1 N–H and O–H groups in total. The van der Waals surface area contributed by atoms with Gasteiger partial charge >= 0.3 is 0 Å². The Morgan fingerprint density at radius 2 is 1.50 bits per heavy atom. The van der Waals surface area contributed by atoms with Crippen LogP contribution in [-0.4, -0.2) is 14.2 Å². The van der Waals surface area contributed by atoms with Gasteiger partial charge in [-0.15, -0.1) is 0 Å². The van der Waals surface area contributed by atoms with E-state index >= 15 is 0 Å². The van der Waals surface area contributed by atoms with Gasteiger partial charge in [0, 0.05) is 18.3 Å². The summed E-state index contributed by atoms with van der Waals surface area (Å²) in [7, 11) is 3.28. The molecule has 2 rings (SSSR count). The molecule has 3 heteroatoms. The smallest absolute Gasteiger partial charge is 0.162 e. The molecule has 0 bridgehead atoms. The van der Waals surface area contributed by atoms with Gasteiger partial charge in [0.05, 0.1) is 14.2 Å². The third-order valence-electron chi connectivity index (χ3n) is 3.16. The highest BCUT2D eigenvalue weighted by Gasteiger charge is 2.04. The van der Waals surface area contributed by atoms with E-state index in [0.29, 0.717) is 0 Å². The second-order valence-corrected chi connectivity index (χ2v) is 4.92. The molecule has 0 aliphatic rings. The lowest BCUT2D eigenvalue weighted by Gasteiger charge is -2.12. The van der Waals surface area contributed by atoms with Crippen LogP contribution < -0.4 is 14.8 Å². The Morgan fingerprint density at radius 3 is 2.10 bits per heavy atom. The fourth-order valence-electron chi connectivity index (χ4n) is 2.32. The number of hydrogen-bond acceptors (Lipinski definition) is 3. The van der Waals surface area contributed by atoms with Crippen molar-refractivity contribution in [2.75, 3.05) is 19.5 Å². The zero-order valence-electron chi connectivity index (χ0n) is 12.5. The average molecular weight is 271 g/mol. The first kappa shape index (κ1) is 14.3. The minimum Gasteiger partial charge on any atom is -0.493 e. The van der Waals surface area contributed by atoms with Gasteiger partial charge < -0.3 is 14.8 Å². The van der Waals surface area contributed by atoms with Crippen molar-refractivity contribution in [1.82, 2.24) is 0 Å². The van der Waals surface area contributed by atoms with Crippen LogP contribution in [0.1, 0.15) is 16.7 Å². The first-order valence-electron chi connectivity index (χ1n) is 6.65. The quantitative estimate of drug-likeness (QED) is 0.893. The number of hydrogen-bond donors (Lipinski definition) is 1. The third kappa shape index (κ3) is 3.44. The molecular weight excluding hydrogens is 250 g/mol. The Hall–Kier alpha value is -2.16. The Kier molecular flexibility index (Phi) is 4.51. The maximum Gasteiger partial charge on any atom is 0.162 e. The lowest BCUT2D eigenvalue weighted by molar-refractivity contribution is 0.355. The molecule has 0 atom stereocenters. The number of ether oxygens (including phenoxy) is 2. The maximum absolute atomic E-state index is 5.30. The predicted octanol–water partition coefficient (Wildman–Crippen LogP) is 3.93. The van der Waals surface area contributed by atoms with Gasteiger partial charge in [-0.3, -0.25) is 0 Å². The van der Waals surface area contributed by atoms with E-state index in [9.17, 15) is 0 Å². The molecule has 0 fully saturated rings. The van der Waals surface area contributed by atoms with Crippen LogP contribution in [0.15, 0.2) is 36.4 Å². The second kappa shape index (κ2) is 6.33. The van der Waals surface area contributed by atoms with Gasteiger partial charge in [0.1, 0.15) is 0 Å². The zero-order valence-corrected chi connectivity index (χ0v) is 12.5. The maximum atomic E-state index is 5.30.